The van der Waals surface area contributed by atoms with Gasteiger partial charge in [-0.05, 0) is 37.1 Å². The average Bonchev–Trinajstić information content (AvgIpc) is 3.15. The Kier molecular flexibility index (Phi) is 2.77. The van der Waals surface area contributed by atoms with Gasteiger partial charge in [-0.2, -0.15) is 0 Å². The maximum atomic E-state index is 5.62. The van der Waals surface area contributed by atoms with E-state index in [1.807, 2.05) is 24.3 Å². The van der Waals surface area contributed by atoms with E-state index in [1.54, 1.807) is 12.5 Å². The summed E-state index contributed by atoms with van der Waals surface area (Å²) in [6, 6.07) is 7.96. The molecule has 1 aliphatic heterocycles. The van der Waals surface area contributed by atoms with Gasteiger partial charge in [0.1, 0.15) is 5.52 Å². The molecule has 0 spiro atoms. The normalized spacial score (nSPS) is 19.5. The molecule has 5 heteroatoms. The Hall–Kier alpha value is -2.14. The van der Waals surface area contributed by atoms with Crippen LogP contribution in [0.4, 0.5) is 0 Å². The first-order valence-electron chi connectivity index (χ1n) is 6.88. The van der Waals surface area contributed by atoms with E-state index in [2.05, 4.69) is 14.5 Å². The standard InChI is InChI=1S/C15H15N3O2/c1-5-12-14(16-7-1)18(11-4-2-8-19-10-11)15(17-12)13-6-3-9-20-13/h1,3,5-7,9,11H,2,4,8,10H2. The fourth-order valence-electron chi connectivity index (χ4n) is 2.78. The smallest absolute Gasteiger partial charge is 0.178 e. The summed E-state index contributed by atoms with van der Waals surface area (Å²) in [5.74, 6) is 1.60. The molecular formula is C15H15N3O2. The lowest BCUT2D eigenvalue weighted by Gasteiger charge is -2.24. The van der Waals surface area contributed by atoms with E-state index in [0.717, 1.165) is 42.2 Å². The van der Waals surface area contributed by atoms with Crippen molar-refractivity contribution in [1.82, 2.24) is 14.5 Å². The molecule has 1 saturated heterocycles. The number of aromatic nitrogens is 3. The number of hydrogen-bond donors (Lipinski definition) is 0. The Morgan fingerprint density at radius 1 is 1.25 bits per heavy atom. The van der Waals surface area contributed by atoms with Crippen molar-refractivity contribution in [2.75, 3.05) is 13.2 Å². The molecule has 102 valence electrons. The van der Waals surface area contributed by atoms with Crippen molar-refractivity contribution in [1.29, 1.82) is 0 Å². The molecule has 1 aliphatic rings. The van der Waals surface area contributed by atoms with Crippen molar-refractivity contribution in [3.05, 3.63) is 36.7 Å². The fraction of sp³-hybridized carbons (Fsp3) is 0.333. The van der Waals surface area contributed by atoms with E-state index in [-0.39, 0.29) is 6.04 Å². The minimum Gasteiger partial charge on any atom is -0.461 e. The van der Waals surface area contributed by atoms with Crippen LogP contribution in [0.25, 0.3) is 22.7 Å². The van der Waals surface area contributed by atoms with Gasteiger partial charge in [-0.1, -0.05) is 0 Å². The molecule has 0 aromatic carbocycles. The summed E-state index contributed by atoms with van der Waals surface area (Å²) < 4.78 is 13.3. The maximum Gasteiger partial charge on any atom is 0.178 e. The van der Waals surface area contributed by atoms with Crippen molar-refractivity contribution in [2.24, 2.45) is 0 Å². The van der Waals surface area contributed by atoms with Gasteiger partial charge in [-0.15, -0.1) is 0 Å². The Balaban J connectivity index is 1.93. The molecule has 1 unspecified atom stereocenters. The minimum absolute atomic E-state index is 0.267. The number of pyridine rings is 1. The van der Waals surface area contributed by atoms with Crippen molar-refractivity contribution >= 4 is 11.2 Å². The molecule has 0 amide bonds. The van der Waals surface area contributed by atoms with Crippen LogP contribution in [0.1, 0.15) is 18.9 Å². The molecule has 0 saturated carbocycles. The van der Waals surface area contributed by atoms with Crippen molar-refractivity contribution in [2.45, 2.75) is 18.9 Å². The summed E-state index contributed by atoms with van der Waals surface area (Å²) in [5.41, 5.74) is 1.79. The van der Waals surface area contributed by atoms with E-state index in [0.29, 0.717) is 6.61 Å². The van der Waals surface area contributed by atoms with Gasteiger partial charge in [-0.3, -0.25) is 0 Å². The van der Waals surface area contributed by atoms with E-state index in [1.165, 1.54) is 0 Å². The molecule has 3 aromatic heterocycles. The van der Waals surface area contributed by atoms with E-state index in [9.17, 15) is 0 Å². The summed E-state index contributed by atoms with van der Waals surface area (Å²) in [6.45, 7) is 1.54. The van der Waals surface area contributed by atoms with Gasteiger partial charge in [0, 0.05) is 12.8 Å². The Morgan fingerprint density at radius 2 is 2.25 bits per heavy atom. The van der Waals surface area contributed by atoms with Gasteiger partial charge in [-0.25, -0.2) is 9.97 Å². The third-order valence-electron chi connectivity index (χ3n) is 3.69. The molecule has 3 aromatic rings. The highest BCUT2D eigenvalue weighted by molar-refractivity contribution is 5.76. The summed E-state index contributed by atoms with van der Waals surface area (Å²) in [7, 11) is 0. The van der Waals surface area contributed by atoms with Gasteiger partial charge in [0.05, 0.1) is 18.9 Å². The molecule has 0 aliphatic carbocycles. The molecule has 1 atom stereocenters. The van der Waals surface area contributed by atoms with Crippen molar-refractivity contribution < 1.29 is 9.15 Å². The largest absolute Gasteiger partial charge is 0.461 e. The first-order valence-corrected chi connectivity index (χ1v) is 6.88. The third kappa shape index (κ3) is 1.82. The maximum absolute atomic E-state index is 5.62. The number of imidazole rings is 1. The molecule has 4 heterocycles. The average molecular weight is 269 g/mol. The summed E-state index contributed by atoms with van der Waals surface area (Å²) in [5, 5.41) is 0. The van der Waals surface area contributed by atoms with Crippen LogP contribution in [-0.2, 0) is 4.74 Å². The number of ether oxygens (including phenoxy) is 1. The first-order chi connectivity index (χ1) is 9.93. The molecular weight excluding hydrogens is 254 g/mol. The summed E-state index contributed by atoms with van der Waals surface area (Å²) >= 11 is 0. The highest BCUT2D eigenvalue weighted by Crippen LogP contribution is 2.31. The molecule has 1 fully saturated rings. The van der Waals surface area contributed by atoms with Gasteiger partial charge in [0.2, 0.25) is 0 Å². The van der Waals surface area contributed by atoms with Gasteiger partial charge in [0.15, 0.2) is 17.2 Å². The predicted octanol–water partition coefficient (Wildman–Crippen LogP) is 3.04. The fourth-order valence-corrected chi connectivity index (χ4v) is 2.78. The molecule has 0 N–H and O–H groups in total. The second-order valence-corrected chi connectivity index (χ2v) is 5.00. The second-order valence-electron chi connectivity index (χ2n) is 5.00. The van der Waals surface area contributed by atoms with Crippen LogP contribution < -0.4 is 0 Å². The monoisotopic (exact) mass is 269 g/mol. The van der Waals surface area contributed by atoms with Gasteiger partial charge in [0.25, 0.3) is 0 Å². The SMILES string of the molecule is c1coc(-c2nc3cccnc3n2C2CCCOC2)c1. The number of furan rings is 1. The number of rotatable bonds is 2. The second kappa shape index (κ2) is 4.76. The highest BCUT2D eigenvalue weighted by Gasteiger charge is 2.24. The van der Waals surface area contributed by atoms with Crippen LogP contribution in [-0.4, -0.2) is 27.7 Å². The van der Waals surface area contributed by atoms with Crippen molar-refractivity contribution in [3.8, 4) is 11.6 Å². The molecule has 20 heavy (non-hydrogen) atoms. The van der Waals surface area contributed by atoms with Crippen LogP contribution in [0, 0.1) is 0 Å². The predicted molar refractivity (Wildman–Crippen MR) is 74.3 cm³/mol. The van der Waals surface area contributed by atoms with Crippen LogP contribution in [0.2, 0.25) is 0 Å². The Bertz CT molecular complexity index is 712. The van der Waals surface area contributed by atoms with Gasteiger partial charge < -0.3 is 13.7 Å². The van der Waals surface area contributed by atoms with Crippen LogP contribution in [0.15, 0.2) is 41.1 Å². The summed E-state index contributed by atoms with van der Waals surface area (Å²) in [6.07, 6.45) is 5.62. The van der Waals surface area contributed by atoms with Crippen LogP contribution in [0.3, 0.4) is 0 Å². The molecule has 0 bridgehead atoms. The lowest BCUT2D eigenvalue weighted by molar-refractivity contribution is 0.0607. The highest BCUT2D eigenvalue weighted by atomic mass is 16.5. The quantitative estimate of drug-likeness (QED) is 0.717. The Labute approximate surface area is 116 Å². The number of nitrogens with zero attached hydrogens (tertiary/aromatic N) is 3. The topological polar surface area (TPSA) is 53.1 Å². The summed E-state index contributed by atoms with van der Waals surface area (Å²) in [4.78, 5) is 9.17. The van der Waals surface area contributed by atoms with Crippen LogP contribution in [0.5, 0.6) is 0 Å². The van der Waals surface area contributed by atoms with Crippen molar-refractivity contribution in [3.63, 3.8) is 0 Å². The zero-order chi connectivity index (χ0) is 13.4. The zero-order valence-electron chi connectivity index (χ0n) is 11.0. The third-order valence-corrected chi connectivity index (χ3v) is 3.69. The van der Waals surface area contributed by atoms with Crippen LogP contribution >= 0.6 is 0 Å². The number of hydrogen-bond acceptors (Lipinski definition) is 4. The lowest BCUT2D eigenvalue weighted by atomic mass is 10.1. The van der Waals surface area contributed by atoms with E-state index < -0.39 is 0 Å². The lowest BCUT2D eigenvalue weighted by Crippen LogP contribution is -2.22. The van der Waals surface area contributed by atoms with E-state index >= 15 is 0 Å². The first kappa shape index (κ1) is 11.7. The zero-order valence-corrected chi connectivity index (χ0v) is 11.0. The molecule has 5 nitrogen and oxygen atoms in total. The number of fused-ring (bicyclic) bond motifs is 1. The van der Waals surface area contributed by atoms with Gasteiger partial charge >= 0.3 is 0 Å². The van der Waals surface area contributed by atoms with E-state index in [4.69, 9.17) is 9.15 Å². The molecule has 4 rings (SSSR count). The molecule has 0 radical (unpaired) electrons. The minimum atomic E-state index is 0.267. The Morgan fingerprint density at radius 3 is 3.05 bits per heavy atom.